The fraction of sp³-hybridized carbons (Fsp3) is 0.714. The molecule has 0 aromatic heterocycles. The lowest BCUT2D eigenvalue weighted by molar-refractivity contribution is -0.177. The summed E-state index contributed by atoms with van der Waals surface area (Å²) in [7, 11) is 0. The van der Waals surface area contributed by atoms with E-state index >= 15 is 0 Å². The topological polar surface area (TPSA) is 108 Å². The molecule has 0 unspecified atom stereocenters. The van der Waals surface area contributed by atoms with Gasteiger partial charge in [0.05, 0.1) is 12.2 Å². The number of esters is 3. The van der Waals surface area contributed by atoms with Crippen LogP contribution in [-0.4, -0.2) is 48.2 Å². The van der Waals surface area contributed by atoms with Crippen molar-refractivity contribution in [1.29, 1.82) is 0 Å². The third-order valence-corrected chi connectivity index (χ3v) is 2.14. The number of hydrogen-bond donors (Lipinski definition) is 1. The van der Waals surface area contributed by atoms with Gasteiger partial charge >= 0.3 is 17.9 Å². The average Bonchev–Trinajstić information content (AvgIpc) is 2.30. The molecule has 1 N–H and O–H groups in total. The van der Waals surface area contributed by atoms with Crippen molar-refractivity contribution < 1.29 is 33.4 Å². The molecule has 0 radical (unpaired) electrons. The lowest BCUT2D eigenvalue weighted by atomic mass is 10.1. The Kier molecular flexibility index (Phi) is 8.14. The second kappa shape index (κ2) is 9.01. The van der Waals surface area contributed by atoms with E-state index < -0.39 is 48.2 Å². The maximum Gasteiger partial charge on any atom is 0.350 e. The molecule has 0 aliphatic heterocycles. The van der Waals surface area contributed by atoms with Crippen LogP contribution in [0.25, 0.3) is 0 Å². The van der Waals surface area contributed by atoms with Gasteiger partial charge in [0.25, 0.3) is 0 Å². The van der Waals surface area contributed by atoms with E-state index in [9.17, 15) is 19.2 Å². The maximum atomic E-state index is 12.1. The van der Waals surface area contributed by atoms with Crippen LogP contribution in [0.3, 0.4) is 0 Å². The second-order valence-corrected chi connectivity index (χ2v) is 5.18. The van der Waals surface area contributed by atoms with Crippen LogP contribution in [0.15, 0.2) is 0 Å². The van der Waals surface area contributed by atoms with Crippen LogP contribution in [0, 0.1) is 0 Å². The summed E-state index contributed by atoms with van der Waals surface area (Å²) >= 11 is 0. The van der Waals surface area contributed by atoms with E-state index in [2.05, 4.69) is 5.32 Å². The monoisotopic (exact) mass is 317 g/mol. The Labute approximate surface area is 129 Å². The van der Waals surface area contributed by atoms with Crippen LogP contribution in [0.4, 0.5) is 0 Å². The number of ether oxygens (including phenoxy) is 3. The molecule has 22 heavy (non-hydrogen) atoms. The highest BCUT2D eigenvalue weighted by molar-refractivity contribution is 5.91. The number of rotatable bonds is 7. The number of hydrogen-bond acceptors (Lipinski definition) is 7. The van der Waals surface area contributed by atoms with E-state index in [1.807, 2.05) is 0 Å². The maximum absolute atomic E-state index is 12.1. The van der Waals surface area contributed by atoms with Crippen LogP contribution < -0.4 is 5.32 Å². The molecule has 2 atom stereocenters. The van der Waals surface area contributed by atoms with Crippen molar-refractivity contribution in [2.45, 2.75) is 65.9 Å². The van der Waals surface area contributed by atoms with Gasteiger partial charge in [-0.15, -0.1) is 0 Å². The fourth-order valence-corrected chi connectivity index (χ4v) is 1.51. The highest BCUT2D eigenvalue weighted by Gasteiger charge is 2.40. The summed E-state index contributed by atoms with van der Waals surface area (Å²) in [6.07, 6.45) is -2.57. The predicted molar refractivity (Wildman–Crippen MR) is 75.6 cm³/mol. The van der Waals surface area contributed by atoms with Crippen molar-refractivity contribution >= 4 is 23.8 Å². The van der Waals surface area contributed by atoms with E-state index in [1.54, 1.807) is 27.7 Å². The Balaban J connectivity index is 5.41. The second-order valence-electron chi connectivity index (χ2n) is 5.18. The number of carbonyl (C=O) groups excluding carboxylic acids is 4. The molecule has 0 aliphatic carbocycles. The molecule has 0 heterocycles. The SMILES string of the molecule is CC(=O)N[C@H](C(=O)OC(C)C)[C@H](OC(C)=O)C(=O)OC(C)C. The molecule has 0 aliphatic rings. The molecular formula is C14H23NO7. The van der Waals surface area contributed by atoms with E-state index in [4.69, 9.17) is 14.2 Å². The van der Waals surface area contributed by atoms with Crippen molar-refractivity contribution in [1.82, 2.24) is 5.32 Å². The predicted octanol–water partition coefficient (Wildman–Crippen LogP) is 0.326. The van der Waals surface area contributed by atoms with Crippen molar-refractivity contribution in [3.05, 3.63) is 0 Å². The quantitative estimate of drug-likeness (QED) is 0.532. The molecule has 1 amide bonds. The number of amides is 1. The third kappa shape index (κ3) is 7.61. The van der Waals surface area contributed by atoms with Gasteiger partial charge in [-0.2, -0.15) is 0 Å². The minimum atomic E-state index is -1.62. The molecule has 0 aromatic carbocycles. The molecule has 0 aromatic rings. The van der Waals surface area contributed by atoms with Crippen LogP contribution in [0.1, 0.15) is 41.5 Å². The van der Waals surface area contributed by atoms with E-state index in [1.165, 1.54) is 0 Å². The average molecular weight is 317 g/mol. The normalized spacial score (nSPS) is 13.3. The molecule has 0 rings (SSSR count). The van der Waals surface area contributed by atoms with Crippen LogP contribution in [-0.2, 0) is 33.4 Å². The van der Waals surface area contributed by atoms with Crippen molar-refractivity contribution in [2.24, 2.45) is 0 Å². The largest absolute Gasteiger partial charge is 0.461 e. The minimum Gasteiger partial charge on any atom is -0.461 e. The van der Waals surface area contributed by atoms with Gasteiger partial charge in [-0.05, 0) is 27.7 Å². The summed E-state index contributed by atoms with van der Waals surface area (Å²) in [6, 6.07) is -1.48. The Hall–Kier alpha value is -2.12. The molecule has 0 fully saturated rings. The minimum absolute atomic E-state index is 0.470. The van der Waals surface area contributed by atoms with Gasteiger partial charge in [-0.1, -0.05) is 0 Å². The van der Waals surface area contributed by atoms with Gasteiger partial charge in [0.15, 0.2) is 6.04 Å². The zero-order valence-electron chi connectivity index (χ0n) is 13.7. The van der Waals surface area contributed by atoms with Gasteiger partial charge in [-0.3, -0.25) is 9.59 Å². The summed E-state index contributed by atoms with van der Waals surface area (Å²) in [5.41, 5.74) is 0. The summed E-state index contributed by atoms with van der Waals surface area (Å²) in [5, 5.41) is 2.25. The van der Waals surface area contributed by atoms with Gasteiger partial charge in [0.1, 0.15) is 0 Å². The van der Waals surface area contributed by atoms with Gasteiger partial charge in [0, 0.05) is 13.8 Å². The van der Waals surface area contributed by atoms with Gasteiger partial charge in [-0.25, -0.2) is 9.59 Å². The molecule has 8 nitrogen and oxygen atoms in total. The lowest BCUT2D eigenvalue weighted by Gasteiger charge is -2.25. The zero-order valence-corrected chi connectivity index (χ0v) is 13.7. The van der Waals surface area contributed by atoms with Gasteiger partial charge < -0.3 is 19.5 Å². The number of carbonyl (C=O) groups is 4. The molecular weight excluding hydrogens is 294 g/mol. The zero-order chi connectivity index (χ0) is 17.4. The van der Waals surface area contributed by atoms with E-state index in [-0.39, 0.29) is 0 Å². The smallest absolute Gasteiger partial charge is 0.350 e. The Bertz CT molecular complexity index is 391. The summed E-state index contributed by atoms with van der Waals surface area (Å²) in [4.78, 5) is 46.6. The molecule has 0 saturated carbocycles. The molecule has 8 heteroatoms. The Morgan fingerprint density at radius 1 is 0.773 bits per heavy atom. The lowest BCUT2D eigenvalue weighted by Crippen LogP contribution is -2.54. The first-order valence-electron chi connectivity index (χ1n) is 6.89. The molecule has 126 valence electrons. The standard InChI is InChI=1S/C14H23NO7/c1-7(2)20-13(18)11(15-9(5)16)12(22-10(6)17)14(19)21-8(3)4/h7-8,11-12H,1-6H3,(H,15,16)/t11-,12-/m0/s1. The first-order chi connectivity index (χ1) is 10.0. The highest BCUT2D eigenvalue weighted by atomic mass is 16.6. The van der Waals surface area contributed by atoms with E-state index in [0.717, 1.165) is 13.8 Å². The summed E-state index contributed by atoms with van der Waals surface area (Å²) in [5.74, 6) is -3.21. The van der Waals surface area contributed by atoms with Crippen LogP contribution in [0.5, 0.6) is 0 Å². The first-order valence-corrected chi connectivity index (χ1v) is 6.89. The summed E-state index contributed by atoms with van der Waals surface area (Å²) in [6.45, 7) is 8.65. The fourth-order valence-electron chi connectivity index (χ4n) is 1.51. The Morgan fingerprint density at radius 2 is 1.23 bits per heavy atom. The van der Waals surface area contributed by atoms with Crippen LogP contribution in [0.2, 0.25) is 0 Å². The highest BCUT2D eigenvalue weighted by Crippen LogP contribution is 2.09. The third-order valence-electron chi connectivity index (χ3n) is 2.14. The number of nitrogens with one attached hydrogen (secondary N) is 1. The van der Waals surface area contributed by atoms with Crippen molar-refractivity contribution in [2.75, 3.05) is 0 Å². The van der Waals surface area contributed by atoms with Crippen molar-refractivity contribution in [3.63, 3.8) is 0 Å². The molecule has 0 bridgehead atoms. The van der Waals surface area contributed by atoms with Crippen LogP contribution >= 0.6 is 0 Å². The molecule has 0 saturated heterocycles. The molecule has 0 spiro atoms. The van der Waals surface area contributed by atoms with E-state index in [0.29, 0.717) is 0 Å². The summed E-state index contributed by atoms with van der Waals surface area (Å²) < 4.78 is 14.8. The Morgan fingerprint density at radius 3 is 1.59 bits per heavy atom. The van der Waals surface area contributed by atoms with Gasteiger partial charge in [0.2, 0.25) is 12.0 Å². The first kappa shape index (κ1) is 19.9. The van der Waals surface area contributed by atoms with Crippen molar-refractivity contribution in [3.8, 4) is 0 Å².